The number of aromatic nitrogens is 2. The molecular formula is C32H34N6O2. The molecule has 8 heteroatoms. The molecule has 1 aromatic heterocycles. The molecular weight excluding hydrogens is 500 g/mol. The van der Waals surface area contributed by atoms with Crippen molar-refractivity contribution in [3.05, 3.63) is 78.2 Å². The Balaban J connectivity index is 1.00. The Morgan fingerprint density at radius 3 is 2.50 bits per heavy atom. The van der Waals surface area contributed by atoms with Crippen molar-refractivity contribution in [2.45, 2.75) is 38.1 Å². The highest BCUT2D eigenvalue weighted by molar-refractivity contribution is 6.13. The van der Waals surface area contributed by atoms with Crippen LogP contribution in [0.3, 0.4) is 0 Å². The van der Waals surface area contributed by atoms with Gasteiger partial charge in [0.15, 0.2) is 0 Å². The van der Waals surface area contributed by atoms with Crippen LogP contribution >= 0.6 is 0 Å². The van der Waals surface area contributed by atoms with E-state index >= 15 is 0 Å². The van der Waals surface area contributed by atoms with Crippen LogP contribution in [0.15, 0.2) is 67.1 Å². The second-order valence-electron chi connectivity index (χ2n) is 11.1. The minimum Gasteiger partial charge on any atom is -0.457 e. The van der Waals surface area contributed by atoms with Gasteiger partial charge in [-0.3, -0.25) is 15.1 Å². The Morgan fingerprint density at radius 2 is 1.75 bits per heavy atom. The average molecular weight is 535 g/mol. The summed E-state index contributed by atoms with van der Waals surface area (Å²) in [6.07, 6.45) is 8.91. The number of piperidine rings is 1. The summed E-state index contributed by atoms with van der Waals surface area (Å²) in [7, 11) is 0. The first-order valence-corrected chi connectivity index (χ1v) is 14.1. The standard InChI is InChI=1S/C32H34N6O2/c33-30(24-11-13-27(14-12-24)40-26-8-3-1-4-9-26)28-20-34-23-35-31(28)36-25-18-32(19-25)21-38(22-32)29(39)10-7-17-37-15-5-2-6-16-37/h1,3-4,8-9,11-14,20,23,25,33H,2,5-6,15-19,21-22H2,(H,34,35,36). The molecule has 1 aliphatic carbocycles. The molecule has 8 nitrogen and oxygen atoms in total. The number of ether oxygens (including phenoxy) is 1. The predicted molar refractivity (Wildman–Crippen MR) is 155 cm³/mol. The SMILES string of the molecule is N=C(c1ccc(Oc2ccccc2)cc1)c1cncnc1NC1CC2(C1)CN(C(=O)C#CCN1CCCCC1)C2. The Kier molecular flexibility index (Phi) is 7.47. The van der Waals surface area contributed by atoms with Gasteiger partial charge in [-0.1, -0.05) is 30.5 Å². The van der Waals surface area contributed by atoms with Gasteiger partial charge in [0.25, 0.3) is 5.91 Å². The number of likely N-dealkylation sites (tertiary alicyclic amines) is 2. The Morgan fingerprint density at radius 1 is 1.02 bits per heavy atom. The maximum Gasteiger partial charge on any atom is 0.298 e. The predicted octanol–water partition coefficient (Wildman–Crippen LogP) is 4.58. The Labute approximate surface area is 235 Å². The highest BCUT2D eigenvalue weighted by Crippen LogP contribution is 2.49. The van der Waals surface area contributed by atoms with Gasteiger partial charge in [-0.2, -0.15) is 0 Å². The topological polar surface area (TPSA) is 94.4 Å². The quantitative estimate of drug-likeness (QED) is 0.341. The fourth-order valence-electron chi connectivity index (χ4n) is 5.97. The normalized spacial score (nSPS) is 18.1. The van der Waals surface area contributed by atoms with Crippen LogP contribution in [0.1, 0.15) is 43.2 Å². The molecule has 2 aromatic carbocycles. The molecule has 3 aromatic rings. The van der Waals surface area contributed by atoms with Gasteiger partial charge in [0.1, 0.15) is 23.6 Å². The zero-order valence-corrected chi connectivity index (χ0v) is 22.6. The first-order valence-electron chi connectivity index (χ1n) is 14.1. The molecule has 0 unspecified atom stereocenters. The van der Waals surface area contributed by atoms with Crippen molar-refractivity contribution in [2.75, 3.05) is 38.0 Å². The number of carbonyl (C=O) groups is 1. The highest BCUT2D eigenvalue weighted by Gasteiger charge is 2.53. The van der Waals surface area contributed by atoms with Crippen LogP contribution in [0.25, 0.3) is 0 Å². The van der Waals surface area contributed by atoms with Gasteiger partial charge >= 0.3 is 0 Å². The lowest BCUT2D eigenvalue weighted by molar-refractivity contribution is -0.144. The summed E-state index contributed by atoms with van der Waals surface area (Å²) in [4.78, 5) is 25.3. The number of carbonyl (C=O) groups excluding carboxylic acids is 1. The average Bonchev–Trinajstić information content (AvgIpc) is 2.95. The molecule has 0 bridgehead atoms. The van der Waals surface area contributed by atoms with E-state index in [2.05, 4.69) is 32.0 Å². The number of rotatable bonds is 7. The van der Waals surface area contributed by atoms with Crippen molar-refractivity contribution in [3.63, 3.8) is 0 Å². The molecule has 0 atom stereocenters. The summed E-state index contributed by atoms with van der Waals surface area (Å²) in [5.41, 5.74) is 1.95. The van der Waals surface area contributed by atoms with Gasteiger partial charge in [-0.25, -0.2) is 9.97 Å². The molecule has 204 valence electrons. The smallest absolute Gasteiger partial charge is 0.298 e. The highest BCUT2D eigenvalue weighted by atomic mass is 16.5. The maximum absolute atomic E-state index is 12.5. The minimum absolute atomic E-state index is 0.0502. The van der Waals surface area contributed by atoms with E-state index in [0.717, 1.165) is 50.3 Å². The monoisotopic (exact) mass is 534 g/mol. The molecule has 1 spiro atoms. The second kappa shape index (κ2) is 11.5. The summed E-state index contributed by atoms with van der Waals surface area (Å²) in [6, 6.07) is 17.4. The maximum atomic E-state index is 12.5. The zero-order chi connectivity index (χ0) is 27.4. The number of para-hydroxylation sites is 1. The van der Waals surface area contributed by atoms with E-state index in [4.69, 9.17) is 10.1 Å². The first-order chi connectivity index (χ1) is 19.6. The van der Waals surface area contributed by atoms with Gasteiger partial charge in [0.2, 0.25) is 0 Å². The fourth-order valence-corrected chi connectivity index (χ4v) is 5.97. The second-order valence-corrected chi connectivity index (χ2v) is 11.1. The largest absolute Gasteiger partial charge is 0.457 e. The molecule has 3 fully saturated rings. The van der Waals surface area contributed by atoms with E-state index in [0.29, 0.717) is 29.4 Å². The first kappa shape index (κ1) is 26.0. The van der Waals surface area contributed by atoms with E-state index < -0.39 is 0 Å². The molecule has 40 heavy (non-hydrogen) atoms. The number of anilines is 1. The molecule has 3 aliphatic rings. The molecule has 6 rings (SSSR count). The van der Waals surface area contributed by atoms with Crippen LogP contribution < -0.4 is 10.1 Å². The number of amides is 1. The number of hydrogen-bond acceptors (Lipinski definition) is 7. The van der Waals surface area contributed by atoms with Crippen LogP contribution in [-0.2, 0) is 4.79 Å². The van der Waals surface area contributed by atoms with E-state index in [1.807, 2.05) is 59.5 Å². The third kappa shape index (κ3) is 5.85. The molecule has 0 radical (unpaired) electrons. The molecule has 2 saturated heterocycles. The number of nitrogens with one attached hydrogen (secondary N) is 2. The van der Waals surface area contributed by atoms with Crippen molar-refractivity contribution in [1.82, 2.24) is 19.8 Å². The molecule has 1 saturated carbocycles. The lowest BCUT2D eigenvalue weighted by Crippen LogP contribution is -2.66. The van der Waals surface area contributed by atoms with Gasteiger partial charge in [0, 0.05) is 36.3 Å². The number of nitrogens with zero attached hydrogens (tertiary/aromatic N) is 4. The summed E-state index contributed by atoms with van der Waals surface area (Å²) in [5.74, 6) is 8.04. The number of hydrogen-bond donors (Lipinski definition) is 2. The van der Waals surface area contributed by atoms with Gasteiger partial charge in [-0.15, -0.1) is 0 Å². The van der Waals surface area contributed by atoms with Gasteiger partial charge in [0.05, 0.1) is 17.8 Å². The van der Waals surface area contributed by atoms with Crippen LogP contribution in [0.4, 0.5) is 5.82 Å². The van der Waals surface area contributed by atoms with Crippen molar-refractivity contribution in [3.8, 4) is 23.3 Å². The summed E-state index contributed by atoms with van der Waals surface area (Å²) < 4.78 is 5.88. The summed E-state index contributed by atoms with van der Waals surface area (Å²) in [5, 5.41) is 12.3. The van der Waals surface area contributed by atoms with Crippen LogP contribution in [0.2, 0.25) is 0 Å². The summed E-state index contributed by atoms with van der Waals surface area (Å²) in [6.45, 7) is 4.41. The van der Waals surface area contributed by atoms with Crippen LogP contribution in [-0.4, -0.2) is 70.2 Å². The Bertz CT molecular complexity index is 1410. The summed E-state index contributed by atoms with van der Waals surface area (Å²) >= 11 is 0. The van der Waals surface area contributed by atoms with E-state index in [-0.39, 0.29) is 17.4 Å². The van der Waals surface area contributed by atoms with Crippen molar-refractivity contribution >= 4 is 17.4 Å². The van der Waals surface area contributed by atoms with Gasteiger partial charge in [-0.05, 0) is 81.1 Å². The molecule has 3 heterocycles. The zero-order valence-electron chi connectivity index (χ0n) is 22.6. The van der Waals surface area contributed by atoms with Crippen LogP contribution in [0, 0.1) is 22.7 Å². The van der Waals surface area contributed by atoms with Crippen LogP contribution in [0.5, 0.6) is 11.5 Å². The van der Waals surface area contributed by atoms with Crippen molar-refractivity contribution in [1.29, 1.82) is 5.41 Å². The number of benzene rings is 2. The van der Waals surface area contributed by atoms with Crippen molar-refractivity contribution in [2.24, 2.45) is 5.41 Å². The van der Waals surface area contributed by atoms with E-state index in [9.17, 15) is 4.79 Å². The Hall–Kier alpha value is -4.22. The lowest BCUT2D eigenvalue weighted by Gasteiger charge is -2.58. The molecule has 2 N–H and O–H groups in total. The molecule has 1 amide bonds. The third-order valence-electron chi connectivity index (χ3n) is 8.09. The van der Waals surface area contributed by atoms with Gasteiger partial charge < -0.3 is 15.0 Å². The van der Waals surface area contributed by atoms with Crippen molar-refractivity contribution < 1.29 is 9.53 Å². The minimum atomic E-state index is -0.0502. The van der Waals surface area contributed by atoms with E-state index in [1.54, 1.807) is 6.20 Å². The van der Waals surface area contributed by atoms with E-state index in [1.165, 1.54) is 25.6 Å². The fraction of sp³-hybridized carbons (Fsp3) is 0.375. The molecule has 2 aliphatic heterocycles. The lowest BCUT2D eigenvalue weighted by atomic mass is 9.60. The third-order valence-corrected chi connectivity index (χ3v) is 8.09.